The minimum absolute atomic E-state index is 0. The zero-order valence-electron chi connectivity index (χ0n) is 23.4. The van der Waals surface area contributed by atoms with Crippen LogP contribution in [0.4, 0.5) is 0 Å². The Balaban J connectivity index is 0.000000523. The van der Waals surface area contributed by atoms with Crippen LogP contribution < -0.4 is 0 Å². The van der Waals surface area contributed by atoms with Crippen LogP contribution in [-0.2, 0) is 16.8 Å². The van der Waals surface area contributed by atoms with Gasteiger partial charge < -0.3 is 10.8 Å². The molecule has 37 heavy (non-hydrogen) atoms. The molecule has 0 saturated heterocycles. The minimum Gasteiger partial charge on any atom is -0.304 e. The summed E-state index contributed by atoms with van der Waals surface area (Å²) < 4.78 is 0. The van der Waals surface area contributed by atoms with Gasteiger partial charge in [-0.1, -0.05) is 97.9 Å². The van der Waals surface area contributed by atoms with Crippen LogP contribution in [0.3, 0.4) is 0 Å². The molecular formula is C31H43CoN3O2. The van der Waals surface area contributed by atoms with E-state index in [0.717, 1.165) is 11.4 Å². The van der Waals surface area contributed by atoms with E-state index in [1.165, 1.54) is 11.1 Å². The first-order valence-electron chi connectivity index (χ1n) is 12.8. The maximum absolute atomic E-state index is 10.1. The van der Waals surface area contributed by atoms with Gasteiger partial charge in [-0.3, -0.25) is 9.59 Å². The fraction of sp³-hybridized carbons (Fsp3) is 0.452. The third-order valence-corrected chi connectivity index (χ3v) is 6.19. The number of allylic oxidation sites excluding steroid dienone is 8. The van der Waals surface area contributed by atoms with Crippen LogP contribution >= 0.6 is 0 Å². The summed E-state index contributed by atoms with van der Waals surface area (Å²) in [5.41, 5.74) is 4.58. The van der Waals surface area contributed by atoms with Gasteiger partial charge in [0.05, 0.1) is 0 Å². The summed E-state index contributed by atoms with van der Waals surface area (Å²) >= 11 is 0. The first-order valence-corrected chi connectivity index (χ1v) is 12.8. The second-order valence-corrected chi connectivity index (χ2v) is 10.4. The van der Waals surface area contributed by atoms with Crippen molar-refractivity contribution in [2.24, 2.45) is 35.5 Å². The van der Waals surface area contributed by atoms with Crippen molar-refractivity contribution in [2.45, 2.75) is 55.4 Å². The summed E-state index contributed by atoms with van der Waals surface area (Å²) in [6, 6.07) is 4.69. The Labute approximate surface area is 233 Å². The van der Waals surface area contributed by atoms with Gasteiger partial charge in [0.2, 0.25) is 0 Å². The van der Waals surface area contributed by atoms with Gasteiger partial charge in [0.25, 0.3) is 0 Å². The van der Waals surface area contributed by atoms with Crippen molar-refractivity contribution in [2.75, 3.05) is 0 Å². The molecular weight excluding hydrogens is 505 g/mol. The Morgan fingerprint density at radius 2 is 1.05 bits per heavy atom. The molecule has 0 spiro atoms. The average Bonchev–Trinajstić information content (AvgIpc) is 2.84. The topological polar surface area (TPSA) is 94.7 Å². The summed E-state index contributed by atoms with van der Waals surface area (Å²) in [5, 5.41) is 16.1. The molecule has 1 aromatic rings. The van der Waals surface area contributed by atoms with Gasteiger partial charge in [-0.05, 0) is 47.0 Å². The molecule has 2 N–H and O–H groups in total. The van der Waals surface area contributed by atoms with E-state index in [-0.39, 0.29) is 28.2 Å². The third kappa shape index (κ3) is 10.7. The molecule has 5 nitrogen and oxygen atoms in total. The smallest absolute Gasteiger partial charge is 0.168 e. The van der Waals surface area contributed by atoms with Gasteiger partial charge in [-0.25, -0.2) is 4.98 Å². The van der Waals surface area contributed by atoms with Crippen LogP contribution in [0.5, 0.6) is 0 Å². The van der Waals surface area contributed by atoms with Crippen LogP contribution in [0.2, 0.25) is 0 Å². The maximum atomic E-state index is 10.1. The quantitative estimate of drug-likeness (QED) is 0.359. The van der Waals surface area contributed by atoms with E-state index < -0.39 is 0 Å². The molecule has 2 atom stereocenters. The second kappa shape index (κ2) is 16.9. The molecule has 2 unspecified atom stereocenters. The standard InChI is InChI=1S/2C12H19N.C7H5NO2.Co/c2*1-8(2)10-6-5-7-11(9(3)4)12(10)13;9-4-6-2-1-3-7(5-10)8-6;/h2*5-10,13H,1-4H3;1-5H;. The molecule has 3 rings (SSSR count). The van der Waals surface area contributed by atoms with Gasteiger partial charge in [0.15, 0.2) is 12.6 Å². The van der Waals surface area contributed by atoms with E-state index in [2.05, 4.69) is 96.8 Å². The van der Waals surface area contributed by atoms with Crippen molar-refractivity contribution in [3.63, 3.8) is 0 Å². The molecule has 0 saturated carbocycles. The zero-order valence-corrected chi connectivity index (χ0v) is 24.5. The number of pyridine rings is 1. The van der Waals surface area contributed by atoms with Crippen LogP contribution in [0.1, 0.15) is 76.4 Å². The predicted molar refractivity (Wildman–Crippen MR) is 151 cm³/mol. The van der Waals surface area contributed by atoms with Crippen LogP contribution in [-0.4, -0.2) is 29.0 Å². The van der Waals surface area contributed by atoms with Gasteiger partial charge in [-0.15, -0.1) is 0 Å². The van der Waals surface area contributed by atoms with Gasteiger partial charge in [0.1, 0.15) is 11.4 Å². The van der Waals surface area contributed by atoms with E-state index in [1.54, 1.807) is 18.2 Å². The van der Waals surface area contributed by atoms with Crippen molar-refractivity contribution >= 4 is 24.0 Å². The number of hydrogen-bond acceptors (Lipinski definition) is 5. The molecule has 6 heteroatoms. The Morgan fingerprint density at radius 3 is 1.32 bits per heavy atom. The molecule has 2 aliphatic carbocycles. The van der Waals surface area contributed by atoms with E-state index >= 15 is 0 Å². The minimum atomic E-state index is 0. The van der Waals surface area contributed by atoms with Crippen molar-refractivity contribution in [1.29, 1.82) is 10.8 Å². The summed E-state index contributed by atoms with van der Waals surface area (Å²) in [5.74, 6) is 2.65. The van der Waals surface area contributed by atoms with Gasteiger partial charge in [-0.2, -0.15) is 0 Å². The van der Waals surface area contributed by atoms with Gasteiger partial charge in [0, 0.05) is 40.0 Å². The largest absolute Gasteiger partial charge is 0.304 e. The normalized spacial score (nSPS) is 18.4. The SMILES string of the molecule is CC(C)C1=CC=CC(C(C)C)C1=N.CC(C)C1=CC=CC(C(C)C)C1=N.O=Cc1cccc(C=O)n1.[Co]. The van der Waals surface area contributed by atoms with Crippen LogP contribution in [0.15, 0.2) is 65.8 Å². The van der Waals surface area contributed by atoms with E-state index in [9.17, 15) is 9.59 Å². The van der Waals surface area contributed by atoms with Crippen LogP contribution in [0.25, 0.3) is 0 Å². The summed E-state index contributed by atoms with van der Waals surface area (Å²) in [6.07, 6.45) is 13.8. The molecule has 1 heterocycles. The fourth-order valence-electron chi connectivity index (χ4n) is 4.03. The summed E-state index contributed by atoms with van der Waals surface area (Å²) in [6.45, 7) is 17.3. The predicted octanol–water partition coefficient (Wildman–Crippen LogP) is 7.57. The third-order valence-electron chi connectivity index (χ3n) is 6.19. The molecule has 0 aliphatic heterocycles. The first kappa shape index (κ1) is 34.3. The number of nitrogens with zero attached hydrogens (tertiary/aromatic N) is 1. The fourth-order valence-corrected chi connectivity index (χ4v) is 4.03. The Kier molecular flexibility index (Phi) is 15.7. The average molecular weight is 549 g/mol. The Bertz CT molecular complexity index is 967. The van der Waals surface area contributed by atoms with Crippen molar-refractivity contribution in [3.8, 4) is 0 Å². The molecule has 1 aromatic heterocycles. The monoisotopic (exact) mass is 548 g/mol. The maximum Gasteiger partial charge on any atom is 0.168 e. The first-order chi connectivity index (χ1) is 16.9. The number of rotatable bonds is 6. The van der Waals surface area contributed by atoms with Crippen molar-refractivity contribution < 1.29 is 26.4 Å². The second-order valence-electron chi connectivity index (χ2n) is 10.4. The summed E-state index contributed by atoms with van der Waals surface area (Å²) in [4.78, 5) is 23.9. The number of hydrogen-bond donors (Lipinski definition) is 2. The zero-order chi connectivity index (χ0) is 27.4. The van der Waals surface area contributed by atoms with Crippen molar-refractivity contribution in [3.05, 3.63) is 77.2 Å². The van der Waals surface area contributed by atoms with Crippen molar-refractivity contribution in [1.82, 2.24) is 4.98 Å². The number of carbonyl (C=O) groups excluding carboxylic acids is 2. The van der Waals surface area contributed by atoms with Crippen LogP contribution in [0, 0.1) is 46.3 Å². The van der Waals surface area contributed by atoms with E-state index in [4.69, 9.17) is 10.8 Å². The number of aldehydes is 2. The molecule has 203 valence electrons. The molecule has 0 amide bonds. The molecule has 0 aromatic carbocycles. The van der Waals surface area contributed by atoms with E-state index in [0.29, 0.717) is 48.1 Å². The Morgan fingerprint density at radius 1 is 0.703 bits per heavy atom. The Hall–Kier alpha value is -2.70. The number of aromatic nitrogens is 1. The molecule has 0 fully saturated rings. The van der Waals surface area contributed by atoms with Gasteiger partial charge >= 0.3 is 0 Å². The number of nitrogens with one attached hydrogen (secondary N) is 2. The molecule has 0 bridgehead atoms. The van der Waals surface area contributed by atoms with E-state index in [1.807, 2.05) is 0 Å². The summed E-state index contributed by atoms with van der Waals surface area (Å²) in [7, 11) is 0. The molecule has 1 radical (unpaired) electrons. The number of carbonyl (C=O) groups is 2. The molecule has 2 aliphatic rings.